The second-order valence-electron chi connectivity index (χ2n) is 16.1. The highest BCUT2D eigenvalue weighted by molar-refractivity contribution is 6.01. The van der Waals surface area contributed by atoms with Crippen LogP contribution in [0.4, 0.5) is 0 Å². The van der Waals surface area contributed by atoms with E-state index in [9.17, 15) is 80.5 Å². The molecule has 16 N–H and O–H groups in total. The van der Waals surface area contributed by atoms with Gasteiger partial charge in [-0.25, -0.2) is 0 Å². The summed E-state index contributed by atoms with van der Waals surface area (Å²) in [5.74, 6) is -5.35. The Morgan fingerprint density at radius 3 is 0.875 bits per heavy atom. The van der Waals surface area contributed by atoms with Crippen molar-refractivity contribution in [2.75, 3.05) is 92.5 Å². The molecule has 0 fully saturated rings. The Labute approximate surface area is 370 Å². The SMILES string of the molecule is O=C(NC(CO)(CO)CO)C(CCCCCOc1ccc2cc(OCCCCCC(C(=O)NC(CO)(CO)CO)C(=O)NC(CO)(CO)CO)ccc2c1)C(=O)NC(CO)(CO)CO. The van der Waals surface area contributed by atoms with Gasteiger partial charge in [-0.1, -0.05) is 37.8 Å². The van der Waals surface area contributed by atoms with Crippen LogP contribution in [0.2, 0.25) is 0 Å². The first-order valence-corrected chi connectivity index (χ1v) is 21.0. The summed E-state index contributed by atoms with van der Waals surface area (Å²) in [4.78, 5) is 52.6. The molecule has 64 heavy (non-hydrogen) atoms. The second-order valence-corrected chi connectivity index (χ2v) is 16.1. The molecule has 0 atom stereocenters. The van der Waals surface area contributed by atoms with Crippen molar-refractivity contribution in [3.8, 4) is 11.5 Å². The van der Waals surface area contributed by atoms with Crippen molar-refractivity contribution in [1.29, 1.82) is 0 Å². The Bertz CT molecular complexity index is 1490. The number of unbranched alkanes of at least 4 members (excludes halogenated alkanes) is 4. The zero-order valence-electron chi connectivity index (χ0n) is 36.0. The van der Waals surface area contributed by atoms with Gasteiger partial charge in [0.15, 0.2) is 0 Å². The van der Waals surface area contributed by atoms with Crippen molar-refractivity contribution in [2.45, 2.75) is 73.5 Å². The molecule has 364 valence electrons. The molecular weight excluding hydrogens is 848 g/mol. The quantitative estimate of drug-likeness (QED) is 0.0232. The average molecular weight is 917 g/mol. The maximum atomic E-state index is 13.1. The van der Waals surface area contributed by atoms with Gasteiger partial charge < -0.3 is 92.0 Å². The van der Waals surface area contributed by atoms with Crippen LogP contribution in [0.5, 0.6) is 11.5 Å². The van der Waals surface area contributed by atoms with E-state index in [1.807, 2.05) is 24.3 Å². The number of carbonyl (C=O) groups is 4. The van der Waals surface area contributed by atoms with Gasteiger partial charge in [-0.15, -0.1) is 0 Å². The van der Waals surface area contributed by atoms with Crippen LogP contribution in [0, 0.1) is 11.8 Å². The maximum absolute atomic E-state index is 13.1. The highest BCUT2D eigenvalue weighted by atomic mass is 16.5. The molecule has 0 aromatic heterocycles. The fourth-order valence-electron chi connectivity index (χ4n) is 6.25. The molecule has 0 bridgehead atoms. The van der Waals surface area contributed by atoms with Gasteiger partial charge >= 0.3 is 0 Å². The van der Waals surface area contributed by atoms with Crippen LogP contribution in [0.15, 0.2) is 36.4 Å². The van der Waals surface area contributed by atoms with Gasteiger partial charge in [0.05, 0.1) is 92.5 Å². The molecule has 0 saturated heterocycles. The number of amides is 4. The molecule has 0 aliphatic carbocycles. The van der Waals surface area contributed by atoms with E-state index in [4.69, 9.17) is 9.47 Å². The topological polar surface area (TPSA) is 378 Å². The lowest BCUT2D eigenvalue weighted by molar-refractivity contribution is -0.141. The van der Waals surface area contributed by atoms with Gasteiger partial charge in [-0.3, -0.25) is 19.2 Å². The van der Waals surface area contributed by atoms with Crippen molar-refractivity contribution >= 4 is 34.4 Å². The van der Waals surface area contributed by atoms with E-state index >= 15 is 0 Å². The van der Waals surface area contributed by atoms with Gasteiger partial charge in [0.1, 0.15) is 45.5 Å². The van der Waals surface area contributed by atoms with Crippen LogP contribution in [-0.2, 0) is 19.2 Å². The number of rotatable bonds is 34. The van der Waals surface area contributed by atoms with Crippen LogP contribution in [0.25, 0.3) is 10.8 Å². The van der Waals surface area contributed by atoms with E-state index in [0.29, 0.717) is 63.2 Å². The number of fused-ring (bicyclic) bond motifs is 1. The van der Waals surface area contributed by atoms with Crippen LogP contribution < -0.4 is 30.7 Å². The third-order valence-electron chi connectivity index (χ3n) is 11.0. The molecule has 0 aliphatic heterocycles. The smallest absolute Gasteiger partial charge is 0.233 e. The summed E-state index contributed by atoms with van der Waals surface area (Å²) in [6.45, 7) is -9.25. The third-order valence-corrected chi connectivity index (χ3v) is 11.0. The average Bonchev–Trinajstić information content (AvgIpc) is 3.32. The fourth-order valence-corrected chi connectivity index (χ4v) is 6.25. The van der Waals surface area contributed by atoms with Crippen molar-refractivity contribution in [1.82, 2.24) is 21.3 Å². The molecule has 2 rings (SSSR count). The molecule has 22 nitrogen and oxygen atoms in total. The summed E-state index contributed by atoms with van der Waals surface area (Å²) in [6, 6.07) is 10.9. The predicted molar refractivity (Wildman–Crippen MR) is 227 cm³/mol. The van der Waals surface area contributed by atoms with Gasteiger partial charge in [-0.05, 0) is 60.7 Å². The van der Waals surface area contributed by atoms with Crippen LogP contribution >= 0.6 is 0 Å². The Morgan fingerprint density at radius 1 is 0.391 bits per heavy atom. The van der Waals surface area contributed by atoms with E-state index in [-0.39, 0.29) is 12.8 Å². The number of aliphatic hydroxyl groups excluding tert-OH is 12. The summed E-state index contributed by atoms with van der Waals surface area (Å²) in [6.07, 6.45) is 2.69. The van der Waals surface area contributed by atoms with Gasteiger partial charge in [0, 0.05) is 0 Å². The maximum Gasteiger partial charge on any atom is 0.233 e. The predicted octanol–water partition coefficient (Wildman–Crippen LogP) is -4.72. The number of nitrogens with one attached hydrogen (secondary N) is 4. The summed E-state index contributed by atoms with van der Waals surface area (Å²) in [5.41, 5.74) is -7.21. The first-order chi connectivity index (χ1) is 30.7. The molecule has 22 heteroatoms. The van der Waals surface area contributed by atoms with Gasteiger partial charge in [0.2, 0.25) is 23.6 Å². The third kappa shape index (κ3) is 16.0. The zero-order valence-corrected chi connectivity index (χ0v) is 36.0. The Morgan fingerprint density at radius 2 is 0.641 bits per heavy atom. The second kappa shape index (κ2) is 27.9. The molecule has 4 amide bonds. The number of aliphatic hydroxyl groups is 12. The highest BCUT2D eigenvalue weighted by Crippen LogP contribution is 2.26. The lowest BCUT2D eigenvalue weighted by Crippen LogP contribution is -2.62. The number of hydrogen-bond donors (Lipinski definition) is 16. The molecule has 0 heterocycles. The van der Waals surface area contributed by atoms with Crippen LogP contribution in [-0.4, -0.2) is 200 Å². The van der Waals surface area contributed by atoms with Crippen molar-refractivity contribution in [3.63, 3.8) is 0 Å². The molecular formula is C42H68N4O18. The molecule has 0 unspecified atom stereocenters. The van der Waals surface area contributed by atoms with Gasteiger partial charge in [0.25, 0.3) is 0 Å². The fraction of sp³-hybridized carbons (Fsp3) is 0.667. The Balaban J connectivity index is 1.94. The van der Waals surface area contributed by atoms with Gasteiger partial charge in [-0.2, -0.15) is 0 Å². The number of benzene rings is 2. The minimum absolute atomic E-state index is 0.0253. The van der Waals surface area contributed by atoms with E-state index in [0.717, 1.165) is 10.8 Å². The Hall–Kier alpha value is -4.30. The molecule has 0 aliphatic rings. The summed E-state index contributed by atoms with van der Waals surface area (Å²) in [5, 5.41) is 127. The lowest BCUT2D eigenvalue weighted by atomic mass is 9.94. The largest absolute Gasteiger partial charge is 0.494 e. The van der Waals surface area contributed by atoms with E-state index in [2.05, 4.69) is 21.3 Å². The van der Waals surface area contributed by atoms with Crippen molar-refractivity contribution < 1.29 is 89.9 Å². The Kier molecular flexibility index (Phi) is 24.3. The standard InChI is InChI=1S/C42H68N4O18/c47-17-39(18-48,19-49)43-35(59)33(36(60)44-40(20-50,21-51)22-52)7-3-1-5-13-63-31-11-9-30-16-32(12-10-29(30)15-31)64-14-6-2-4-8-34(37(61)45-41(23-53,24-54)25-55)38(62)46-42(26-56,27-57)28-58/h9-12,15-16,33-34,47-58H,1-8,13-14,17-28H2,(H,43,59)(H,44,60)(H,45,61)(H,46,62). The minimum Gasteiger partial charge on any atom is -0.494 e. The first kappa shape index (κ1) is 55.8. The van der Waals surface area contributed by atoms with E-state index in [1.165, 1.54) is 0 Å². The highest BCUT2D eigenvalue weighted by Gasteiger charge is 2.40. The molecule has 0 saturated carbocycles. The van der Waals surface area contributed by atoms with Crippen LogP contribution in [0.1, 0.15) is 51.4 Å². The summed E-state index contributed by atoms with van der Waals surface area (Å²) < 4.78 is 11.8. The lowest BCUT2D eigenvalue weighted by Gasteiger charge is -2.33. The number of hydrogen-bond acceptors (Lipinski definition) is 18. The molecule has 2 aromatic rings. The van der Waals surface area contributed by atoms with E-state index in [1.54, 1.807) is 12.1 Å². The zero-order chi connectivity index (χ0) is 47.8. The monoisotopic (exact) mass is 916 g/mol. The summed E-state index contributed by atoms with van der Waals surface area (Å²) in [7, 11) is 0. The minimum atomic E-state index is -1.80. The van der Waals surface area contributed by atoms with Crippen molar-refractivity contribution in [3.05, 3.63) is 36.4 Å². The molecule has 2 aromatic carbocycles. The van der Waals surface area contributed by atoms with Crippen LogP contribution in [0.3, 0.4) is 0 Å². The molecule has 0 spiro atoms. The normalized spacial score (nSPS) is 12.4. The van der Waals surface area contributed by atoms with Crippen molar-refractivity contribution in [2.24, 2.45) is 11.8 Å². The first-order valence-electron chi connectivity index (χ1n) is 21.0. The molecule has 0 radical (unpaired) electrons. The van der Waals surface area contributed by atoms with E-state index < -0.39 is 137 Å². The number of ether oxygens (including phenoxy) is 2. The number of carbonyl (C=O) groups excluding carboxylic acids is 4. The summed E-state index contributed by atoms with van der Waals surface area (Å²) >= 11 is 0.